The molecule has 0 bridgehead atoms. The Morgan fingerprint density at radius 3 is 2.18 bits per heavy atom. The normalized spacial score (nSPS) is 10.3. The summed E-state index contributed by atoms with van der Waals surface area (Å²) in [5.74, 6) is -1.43. The van der Waals surface area contributed by atoms with Gasteiger partial charge in [-0.15, -0.1) is 0 Å². The molecule has 2 aromatic carbocycles. The van der Waals surface area contributed by atoms with Crippen molar-refractivity contribution in [3.63, 3.8) is 0 Å². The molecule has 0 fully saturated rings. The number of anilines is 1. The lowest BCUT2D eigenvalue weighted by Gasteiger charge is -2.13. The van der Waals surface area contributed by atoms with Crippen LogP contribution in [0, 0.1) is 20.8 Å². The van der Waals surface area contributed by atoms with E-state index in [1.807, 2.05) is 32.9 Å². The largest absolute Gasteiger partial charge is 0.455 e. The maximum atomic E-state index is 12.1. The van der Waals surface area contributed by atoms with Gasteiger partial charge < -0.3 is 15.4 Å². The molecule has 0 saturated heterocycles. The van der Waals surface area contributed by atoms with Gasteiger partial charge >= 0.3 is 5.97 Å². The van der Waals surface area contributed by atoms with Crippen LogP contribution in [0.3, 0.4) is 0 Å². The molecule has 148 valence electrons. The SMILES string of the molecule is Cc1cc(C)c(NC(=O)CNC(=O)COC(=O)Cc2ccc(Cl)cc2)c(C)c1. The standard InChI is InChI=1S/C21H23ClN2O4/c1-13-8-14(2)21(15(3)9-13)24-18(25)11-23-19(26)12-28-20(27)10-16-4-6-17(22)7-5-16/h4-9H,10-12H2,1-3H3,(H,23,26)(H,24,25). The van der Waals surface area contributed by atoms with Crippen LogP contribution in [0.15, 0.2) is 36.4 Å². The smallest absolute Gasteiger partial charge is 0.310 e. The zero-order valence-electron chi connectivity index (χ0n) is 16.1. The summed E-state index contributed by atoms with van der Waals surface area (Å²) in [6, 6.07) is 10.7. The molecule has 0 aromatic heterocycles. The monoisotopic (exact) mass is 402 g/mol. The quantitative estimate of drug-likeness (QED) is 0.697. The van der Waals surface area contributed by atoms with Gasteiger partial charge in [0.25, 0.3) is 5.91 Å². The number of nitrogens with one attached hydrogen (secondary N) is 2. The molecule has 0 aliphatic carbocycles. The molecular formula is C21H23ClN2O4. The van der Waals surface area contributed by atoms with E-state index in [2.05, 4.69) is 10.6 Å². The van der Waals surface area contributed by atoms with E-state index >= 15 is 0 Å². The molecule has 0 radical (unpaired) electrons. The Bertz CT molecular complexity index is 855. The predicted octanol–water partition coefficient (Wildman–Crippen LogP) is 3.11. The van der Waals surface area contributed by atoms with Crippen molar-refractivity contribution in [2.75, 3.05) is 18.5 Å². The minimum atomic E-state index is -0.544. The van der Waals surface area contributed by atoms with Gasteiger partial charge in [0, 0.05) is 10.7 Å². The summed E-state index contributed by atoms with van der Waals surface area (Å²) in [6.07, 6.45) is 0.0386. The lowest BCUT2D eigenvalue weighted by Crippen LogP contribution is -2.36. The minimum Gasteiger partial charge on any atom is -0.455 e. The van der Waals surface area contributed by atoms with Crippen molar-refractivity contribution in [1.29, 1.82) is 0 Å². The number of halogens is 1. The number of esters is 1. The van der Waals surface area contributed by atoms with Crippen LogP contribution in [0.1, 0.15) is 22.3 Å². The third kappa shape index (κ3) is 6.70. The maximum Gasteiger partial charge on any atom is 0.310 e. The number of aryl methyl sites for hydroxylation is 3. The molecule has 0 atom stereocenters. The Kier molecular flexibility index (Phi) is 7.58. The van der Waals surface area contributed by atoms with Gasteiger partial charge in [-0.25, -0.2) is 0 Å². The summed E-state index contributed by atoms with van der Waals surface area (Å²) in [6.45, 7) is 5.16. The van der Waals surface area contributed by atoms with Crippen molar-refractivity contribution in [3.8, 4) is 0 Å². The molecule has 2 rings (SSSR count). The first-order chi connectivity index (χ1) is 13.2. The van der Waals surface area contributed by atoms with E-state index in [0.717, 1.165) is 27.9 Å². The number of amides is 2. The van der Waals surface area contributed by atoms with Crippen LogP contribution in [-0.4, -0.2) is 30.9 Å². The number of benzene rings is 2. The van der Waals surface area contributed by atoms with Gasteiger partial charge in [-0.3, -0.25) is 14.4 Å². The highest BCUT2D eigenvalue weighted by molar-refractivity contribution is 6.30. The zero-order chi connectivity index (χ0) is 20.7. The van der Waals surface area contributed by atoms with Crippen molar-refractivity contribution in [1.82, 2.24) is 5.32 Å². The predicted molar refractivity (Wildman–Crippen MR) is 108 cm³/mol. The summed E-state index contributed by atoms with van der Waals surface area (Å²) >= 11 is 5.78. The maximum absolute atomic E-state index is 12.1. The summed E-state index contributed by atoms with van der Waals surface area (Å²) in [4.78, 5) is 35.6. The molecule has 0 saturated carbocycles. The summed E-state index contributed by atoms with van der Waals surface area (Å²) in [7, 11) is 0. The van der Waals surface area contributed by atoms with E-state index in [1.54, 1.807) is 24.3 Å². The van der Waals surface area contributed by atoms with Crippen molar-refractivity contribution in [2.45, 2.75) is 27.2 Å². The van der Waals surface area contributed by atoms with Gasteiger partial charge in [-0.2, -0.15) is 0 Å². The first-order valence-corrected chi connectivity index (χ1v) is 9.17. The van der Waals surface area contributed by atoms with Gasteiger partial charge in [0.15, 0.2) is 6.61 Å². The van der Waals surface area contributed by atoms with E-state index in [-0.39, 0.29) is 18.9 Å². The van der Waals surface area contributed by atoms with Crippen LogP contribution >= 0.6 is 11.6 Å². The molecule has 0 unspecified atom stereocenters. The average Bonchev–Trinajstić information content (AvgIpc) is 2.63. The molecule has 0 aliphatic heterocycles. The molecule has 0 spiro atoms. The van der Waals surface area contributed by atoms with E-state index < -0.39 is 18.5 Å². The molecular weight excluding hydrogens is 380 g/mol. The number of hydrogen-bond donors (Lipinski definition) is 2. The highest BCUT2D eigenvalue weighted by Gasteiger charge is 2.12. The second-order valence-electron chi connectivity index (χ2n) is 6.56. The zero-order valence-corrected chi connectivity index (χ0v) is 16.9. The highest BCUT2D eigenvalue weighted by atomic mass is 35.5. The lowest BCUT2D eigenvalue weighted by atomic mass is 10.1. The van der Waals surface area contributed by atoms with Crippen LogP contribution < -0.4 is 10.6 Å². The van der Waals surface area contributed by atoms with Crippen molar-refractivity contribution in [3.05, 3.63) is 63.7 Å². The number of rotatable bonds is 7. The summed E-state index contributed by atoms with van der Waals surface area (Å²) in [5, 5.41) is 5.80. The second kappa shape index (κ2) is 9.90. The van der Waals surface area contributed by atoms with Crippen molar-refractivity contribution < 1.29 is 19.1 Å². The number of carbonyl (C=O) groups is 3. The molecule has 0 heterocycles. The van der Waals surface area contributed by atoms with Gasteiger partial charge in [0.2, 0.25) is 5.91 Å². The third-order valence-electron chi connectivity index (χ3n) is 4.01. The Labute approximate surface area is 169 Å². The third-order valence-corrected chi connectivity index (χ3v) is 4.27. The summed E-state index contributed by atoms with van der Waals surface area (Å²) in [5.41, 5.74) is 4.49. The van der Waals surface area contributed by atoms with Crippen LogP contribution in [-0.2, 0) is 25.5 Å². The molecule has 0 aliphatic rings. The second-order valence-corrected chi connectivity index (χ2v) is 7.00. The number of hydrogen-bond acceptors (Lipinski definition) is 4. The molecule has 2 aromatic rings. The van der Waals surface area contributed by atoms with Gasteiger partial charge in [0.1, 0.15) is 0 Å². The van der Waals surface area contributed by atoms with Crippen molar-refractivity contribution >= 4 is 35.1 Å². The molecule has 2 amide bonds. The fourth-order valence-corrected chi connectivity index (χ4v) is 2.88. The van der Waals surface area contributed by atoms with Gasteiger partial charge in [-0.05, 0) is 49.6 Å². The van der Waals surface area contributed by atoms with E-state index in [9.17, 15) is 14.4 Å². The van der Waals surface area contributed by atoms with E-state index in [0.29, 0.717) is 5.02 Å². The molecule has 2 N–H and O–H groups in total. The summed E-state index contributed by atoms with van der Waals surface area (Å²) < 4.78 is 4.92. The lowest BCUT2D eigenvalue weighted by molar-refractivity contribution is -0.147. The fourth-order valence-electron chi connectivity index (χ4n) is 2.76. The Hall–Kier alpha value is -2.86. The first-order valence-electron chi connectivity index (χ1n) is 8.79. The molecule has 6 nitrogen and oxygen atoms in total. The number of ether oxygens (including phenoxy) is 1. The molecule has 7 heteroatoms. The van der Waals surface area contributed by atoms with E-state index in [4.69, 9.17) is 16.3 Å². The first kappa shape index (κ1) is 21.4. The Morgan fingerprint density at radius 2 is 1.57 bits per heavy atom. The van der Waals surface area contributed by atoms with Crippen LogP contribution in [0.2, 0.25) is 5.02 Å². The fraction of sp³-hybridized carbons (Fsp3) is 0.286. The van der Waals surface area contributed by atoms with Gasteiger partial charge in [0.05, 0.1) is 13.0 Å². The highest BCUT2D eigenvalue weighted by Crippen LogP contribution is 2.21. The topological polar surface area (TPSA) is 84.5 Å². The Balaban J connectivity index is 1.74. The van der Waals surface area contributed by atoms with Crippen LogP contribution in [0.5, 0.6) is 0 Å². The van der Waals surface area contributed by atoms with Crippen LogP contribution in [0.4, 0.5) is 5.69 Å². The van der Waals surface area contributed by atoms with E-state index in [1.165, 1.54) is 0 Å². The van der Waals surface area contributed by atoms with Crippen LogP contribution in [0.25, 0.3) is 0 Å². The minimum absolute atomic E-state index is 0.0386. The van der Waals surface area contributed by atoms with Crippen molar-refractivity contribution in [2.24, 2.45) is 0 Å². The average molecular weight is 403 g/mol. The number of carbonyl (C=O) groups excluding carboxylic acids is 3. The molecule has 28 heavy (non-hydrogen) atoms. The Morgan fingerprint density at radius 1 is 0.964 bits per heavy atom. The van der Waals surface area contributed by atoms with Gasteiger partial charge in [-0.1, -0.05) is 41.4 Å².